The zero-order chi connectivity index (χ0) is 9.00. The van der Waals surface area contributed by atoms with Gasteiger partial charge in [-0.05, 0) is 0 Å². The molecule has 0 spiro atoms. The smallest absolute Gasteiger partial charge is 0.822 e. The second-order valence-corrected chi connectivity index (χ2v) is 2.75. The zero-order valence-corrected chi connectivity index (χ0v) is 11.6. The van der Waals surface area contributed by atoms with E-state index in [1.54, 1.807) is 0 Å². The largest absolute Gasteiger partial charge is 3.00 e. The van der Waals surface area contributed by atoms with Gasteiger partial charge < -0.3 is 38.5 Å². The van der Waals surface area contributed by atoms with E-state index in [1.807, 2.05) is 0 Å². The van der Waals surface area contributed by atoms with Crippen LogP contribution in [0.3, 0.4) is 0 Å². The Morgan fingerprint density at radius 1 is 0.917 bits per heavy atom. The van der Waals surface area contributed by atoms with Gasteiger partial charge in [0.25, 0.3) is 0 Å². The Morgan fingerprint density at radius 3 is 0.917 bits per heavy atom. The van der Waals surface area contributed by atoms with Crippen LogP contribution >= 0.6 is 15.6 Å². The van der Waals surface area contributed by atoms with Crippen molar-refractivity contribution in [1.82, 2.24) is 0 Å². The summed E-state index contributed by atoms with van der Waals surface area (Å²) in [5.41, 5.74) is 0. The van der Waals surface area contributed by atoms with Gasteiger partial charge in [-0.15, -0.1) is 0 Å². The molecule has 0 saturated carbocycles. The minimum Gasteiger partial charge on any atom is -0.822 e. The molecule has 0 unspecified atom stereocenters. The molecular weight excluding hydrogens is 385 g/mol. The first kappa shape index (κ1) is 23.6. The van der Waals surface area contributed by atoms with E-state index < -0.39 is 15.6 Å². The first-order valence-corrected chi connectivity index (χ1v) is 4.43. The molecule has 0 aromatic carbocycles. The molecule has 0 aromatic heterocycles. The fourth-order valence-electron chi connectivity index (χ4n) is 0. The molecule has 12 heteroatoms. The molecule has 0 saturated heterocycles. The average Bonchev–Trinajstić information content (AvgIpc) is 1.12. The maximum absolute atomic E-state index is 8.66. The molecule has 0 aliphatic heterocycles. The molecular formula is HFeLaO8P2. The second kappa shape index (κ2) is 9.49. The van der Waals surface area contributed by atoms with Gasteiger partial charge in [-0.25, -0.2) is 0 Å². The summed E-state index contributed by atoms with van der Waals surface area (Å²) in [6, 6.07) is 0. The van der Waals surface area contributed by atoms with Crippen LogP contribution in [-0.4, -0.2) is 4.89 Å². The summed E-state index contributed by atoms with van der Waals surface area (Å²) in [5, 5.41) is 0. The van der Waals surface area contributed by atoms with Gasteiger partial charge >= 0.3 is 52.7 Å². The van der Waals surface area contributed by atoms with Gasteiger partial charge in [0.05, 0.1) is 7.82 Å². The van der Waals surface area contributed by atoms with Crippen LogP contribution in [0.2, 0.25) is 0 Å². The first-order chi connectivity index (χ1) is 4.00. The Hall–Kier alpha value is 1.93. The molecule has 0 radical (unpaired) electrons. The quantitative estimate of drug-likeness (QED) is 0.319. The molecule has 0 amide bonds. The van der Waals surface area contributed by atoms with E-state index in [0.29, 0.717) is 0 Å². The molecule has 0 rings (SSSR count). The van der Waals surface area contributed by atoms with Gasteiger partial charge in [0.1, 0.15) is 0 Å². The van der Waals surface area contributed by atoms with E-state index in [4.69, 9.17) is 38.5 Å². The molecule has 0 aliphatic rings. The maximum Gasteiger partial charge on any atom is 3.00 e. The molecule has 0 atom stereocenters. The molecule has 0 aliphatic carbocycles. The van der Waals surface area contributed by atoms with Crippen molar-refractivity contribution in [2.75, 3.05) is 0 Å². The Bertz CT molecular complexity index is 129. The Labute approximate surface area is 106 Å². The van der Waals surface area contributed by atoms with Crippen molar-refractivity contribution in [3.63, 3.8) is 0 Å². The van der Waals surface area contributed by atoms with Crippen molar-refractivity contribution >= 4 is 15.6 Å². The fourth-order valence-corrected chi connectivity index (χ4v) is 0. The number of rotatable bonds is 0. The average molecular weight is 386 g/mol. The van der Waals surface area contributed by atoms with Gasteiger partial charge in [0.15, 0.2) is 0 Å². The third-order valence-electron chi connectivity index (χ3n) is 0. The van der Waals surface area contributed by atoms with Gasteiger partial charge in [0.2, 0.25) is 0 Å². The standard InChI is InChI=1S/Fe.La.2H3O4P/c;;2*1-5(2,3)4/h;;2*(H3,1,2,3,4)/q+2;+3;;/p-5. The van der Waals surface area contributed by atoms with Crippen LogP contribution in [0, 0.1) is 35.6 Å². The van der Waals surface area contributed by atoms with Crippen molar-refractivity contribution in [1.29, 1.82) is 0 Å². The zero-order valence-electron chi connectivity index (χ0n) is 5.13. The SMILES string of the molecule is O=P([O-])([O-])O.O=P([O-])([O-])[O-].[Fe+2].[La+3]. The molecule has 0 heterocycles. The van der Waals surface area contributed by atoms with Gasteiger partial charge in [0, 0.05) is 0 Å². The van der Waals surface area contributed by atoms with E-state index in [0.717, 1.165) is 0 Å². The molecule has 70 valence electrons. The number of phosphoric acid groups is 2. The summed E-state index contributed by atoms with van der Waals surface area (Å²) in [4.78, 5) is 49.9. The van der Waals surface area contributed by atoms with Crippen molar-refractivity contribution < 1.29 is 91.2 Å². The van der Waals surface area contributed by atoms with Crippen molar-refractivity contribution in [3.05, 3.63) is 0 Å². The van der Waals surface area contributed by atoms with Crippen LogP contribution in [0.25, 0.3) is 0 Å². The third-order valence-corrected chi connectivity index (χ3v) is 0. The Balaban J connectivity index is -0.0000000457. The van der Waals surface area contributed by atoms with Gasteiger partial charge in [-0.3, -0.25) is 0 Å². The van der Waals surface area contributed by atoms with Crippen LogP contribution in [0.1, 0.15) is 0 Å². The summed E-state index contributed by atoms with van der Waals surface area (Å²) in [7, 11) is -10.5. The number of hydrogen-bond acceptors (Lipinski definition) is 7. The van der Waals surface area contributed by atoms with E-state index in [1.165, 1.54) is 0 Å². The van der Waals surface area contributed by atoms with Crippen LogP contribution in [-0.2, 0) is 26.2 Å². The van der Waals surface area contributed by atoms with E-state index >= 15 is 0 Å². The van der Waals surface area contributed by atoms with Crippen molar-refractivity contribution in [2.24, 2.45) is 0 Å². The molecule has 8 nitrogen and oxygen atoms in total. The molecule has 12 heavy (non-hydrogen) atoms. The minimum absolute atomic E-state index is 0. The maximum atomic E-state index is 8.66. The summed E-state index contributed by atoms with van der Waals surface area (Å²) in [6.45, 7) is 0. The molecule has 1 N–H and O–H groups in total. The van der Waals surface area contributed by atoms with Crippen LogP contribution in [0.4, 0.5) is 0 Å². The number of hydrogen-bond donors (Lipinski definition) is 1. The summed E-state index contributed by atoms with van der Waals surface area (Å²) in [6.07, 6.45) is 0. The second-order valence-electron chi connectivity index (χ2n) is 0.916. The van der Waals surface area contributed by atoms with Crippen LogP contribution < -0.4 is 24.5 Å². The third kappa shape index (κ3) is 381. The minimum atomic E-state index is -5.39. The van der Waals surface area contributed by atoms with Gasteiger partial charge in [-0.1, -0.05) is 0 Å². The van der Waals surface area contributed by atoms with Gasteiger partial charge in [-0.2, -0.15) is 7.82 Å². The Kier molecular flexibility index (Phi) is 18.7. The van der Waals surface area contributed by atoms with E-state index in [9.17, 15) is 0 Å². The van der Waals surface area contributed by atoms with E-state index in [-0.39, 0.29) is 52.7 Å². The molecule has 0 aromatic rings. The normalized spacial score (nSPS) is 9.83. The van der Waals surface area contributed by atoms with E-state index in [2.05, 4.69) is 0 Å². The summed E-state index contributed by atoms with van der Waals surface area (Å²) < 4.78 is 17.2. The summed E-state index contributed by atoms with van der Waals surface area (Å²) in [5.74, 6) is 0. The monoisotopic (exact) mass is 386 g/mol. The van der Waals surface area contributed by atoms with Crippen molar-refractivity contribution in [2.45, 2.75) is 0 Å². The summed E-state index contributed by atoms with van der Waals surface area (Å²) >= 11 is 0. The predicted octanol–water partition coefficient (Wildman–Crippen LogP) is -5.02. The van der Waals surface area contributed by atoms with Crippen molar-refractivity contribution in [3.8, 4) is 0 Å². The first-order valence-electron chi connectivity index (χ1n) is 1.48. The predicted molar refractivity (Wildman–Crippen MR) is 17.4 cm³/mol. The molecule has 0 fully saturated rings. The fraction of sp³-hybridized carbons (Fsp3) is 0. The van der Waals surface area contributed by atoms with Crippen LogP contribution in [0.15, 0.2) is 0 Å². The Morgan fingerprint density at radius 2 is 0.917 bits per heavy atom. The molecule has 0 bridgehead atoms. The van der Waals surface area contributed by atoms with Crippen LogP contribution in [0.5, 0.6) is 0 Å². The topological polar surface area (TPSA) is 170 Å².